The Labute approximate surface area is 133 Å². The average molecular weight is 311 g/mol. The van der Waals surface area contributed by atoms with Crippen molar-refractivity contribution in [2.75, 3.05) is 6.61 Å². The summed E-state index contributed by atoms with van der Waals surface area (Å²) >= 11 is 0. The fourth-order valence-corrected chi connectivity index (χ4v) is 2.73. The molecule has 0 saturated carbocycles. The minimum absolute atomic E-state index is 0.0726. The molecule has 0 saturated heterocycles. The van der Waals surface area contributed by atoms with Gasteiger partial charge in [-0.3, -0.25) is 0 Å². The van der Waals surface area contributed by atoms with Crippen molar-refractivity contribution < 1.29 is 14.6 Å². The monoisotopic (exact) mass is 311 g/mol. The second-order valence-electron chi connectivity index (χ2n) is 5.25. The van der Waals surface area contributed by atoms with Crippen LogP contribution in [0.25, 0.3) is 22.0 Å². The molecular formula is C17H17N3O3. The van der Waals surface area contributed by atoms with E-state index in [1.54, 1.807) is 25.4 Å². The number of carbonyl (C=O) groups excluding carboxylic acids is 1. The lowest BCUT2D eigenvalue weighted by molar-refractivity contribution is 0.0527. The first-order valence-electron chi connectivity index (χ1n) is 7.29. The van der Waals surface area contributed by atoms with Gasteiger partial charge in [-0.05, 0) is 26.0 Å². The molecular weight excluding hydrogens is 294 g/mol. The summed E-state index contributed by atoms with van der Waals surface area (Å²) in [5, 5.41) is 11.0. The molecule has 0 aliphatic rings. The van der Waals surface area contributed by atoms with Crippen molar-refractivity contribution >= 4 is 16.9 Å². The highest BCUT2D eigenvalue weighted by atomic mass is 16.5. The van der Waals surface area contributed by atoms with Crippen LogP contribution in [0.2, 0.25) is 0 Å². The van der Waals surface area contributed by atoms with Crippen molar-refractivity contribution in [2.45, 2.75) is 13.8 Å². The minimum Gasteiger partial charge on any atom is -0.507 e. The fourth-order valence-electron chi connectivity index (χ4n) is 2.73. The predicted molar refractivity (Wildman–Crippen MR) is 86.3 cm³/mol. The normalized spacial score (nSPS) is 10.9. The number of phenols is 1. The summed E-state index contributed by atoms with van der Waals surface area (Å²) in [7, 11) is 1.88. The molecule has 0 amide bonds. The standard InChI is InChI=1S/C17H17N3O3/c1-4-23-17(22)16-10(2)20(3)14-5-12(15(21)6-13(14)16)11-7-18-9-19-8-11/h5-9,21H,4H2,1-3H3. The van der Waals surface area contributed by atoms with Crippen LogP contribution in [0.5, 0.6) is 5.75 Å². The van der Waals surface area contributed by atoms with E-state index >= 15 is 0 Å². The summed E-state index contributed by atoms with van der Waals surface area (Å²) in [6, 6.07) is 3.43. The number of fused-ring (bicyclic) bond motifs is 1. The molecule has 1 aromatic carbocycles. The number of hydrogen-bond acceptors (Lipinski definition) is 5. The summed E-state index contributed by atoms with van der Waals surface area (Å²) in [6.45, 7) is 3.93. The number of aryl methyl sites for hydroxylation is 1. The zero-order valence-electron chi connectivity index (χ0n) is 13.2. The van der Waals surface area contributed by atoms with Gasteiger partial charge in [0.25, 0.3) is 0 Å². The average Bonchev–Trinajstić information content (AvgIpc) is 2.78. The summed E-state index contributed by atoms with van der Waals surface area (Å²) in [5.41, 5.74) is 3.44. The minimum atomic E-state index is -0.384. The van der Waals surface area contributed by atoms with Crippen LogP contribution >= 0.6 is 0 Å². The lowest BCUT2D eigenvalue weighted by Crippen LogP contribution is -2.06. The third-order valence-corrected chi connectivity index (χ3v) is 3.96. The van der Waals surface area contributed by atoms with Gasteiger partial charge in [0, 0.05) is 47.2 Å². The molecule has 0 bridgehead atoms. The van der Waals surface area contributed by atoms with Crippen molar-refractivity contribution in [3.63, 3.8) is 0 Å². The number of ether oxygens (including phenoxy) is 1. The first kappa shape index (κ1) is 15.0. The summed E-state index contributed by atoms with van der Waals surface area (Å²) in [5.74, 6) is -0.311. The molecule has 1 N–H and O–H groups in total. The van der Waals surface area contributed by atoms with Crippen LogP contribution in [-0.4, -0.2) is 32.2 Å². The van der Waals surface area contributed by atoms with Gasteiger partial charge < -0.3 is 14.4 Å². The Balaban J connectivity index is 2.26. The first-order valence-corrected chi connectivity index (χ1v) is 7.29. The highest BCUT2D eigenvalue weighted by Gasteiger charge is 2.21. The molecule has 6 nitrogen and oxygen atoms in total. The lowest BCUT2D eigenvalue weighted by atomic mass is 10.0. The Bertz CT molecular complexity index is 885. The van der Waals surface area contributed by atoms with Gasteiger partial charge in [0.15, 0.2) is 0 Å². The zero-order valence-corrected chi connectivity index (χ0v) is 13.2. The maximum absolute atomic E-state index is 12.2. The number of aromatic hydroxyl groups is 1. The zero-order chi connectivity index (χ0) is 16.6. The maximum atomic E-state index is 12.2. The van der Waals surface area contributed by atoms with Gasteiger partial charge in [-0.1, -0.05) is 0 Å². The molecule has 3 aromatic rings. The topological polar surface area (TPSA) is 77.2 Å². The predicted octanol–water partition coefficient (Wildman–Crippen LogP) is 2.83. The maximum Gasteiger partial charge on any atom is 0.340 e. The van der Waals surface area contributed by atoms with E-state index in [0.29, 0.717) is 28.7 Å². The van der Waals surface area contributed by atoms with Crippen molar-refractivity contribution in [3.05, 3.63) is 42.1 Å². The number of esters is 1. The van der Waals surface area contributed by atoms with E-state index in [-0.39, 0.29) is 11.7 Å². The van der Waals surface area contributed by atoms with Gasteiger partial charge in [0.1, 0.15) is 12.1 Å². The molecule has 0 fully saturated rings. The van der Waals surface area contributed by atoms with Crippen LogP contribution < -0.4 is 0 Å². The highest BCUT2D eigenvalue weighted by molar-refractivity contribution is 6.07. The largest absolute Gasteiger partial charge is 0.507 e. The number of aromatic nitrogens is 3. The number of nitrogens with zero attached hydrogens (tertiary/aromatic N) is 3. The van der Waals surface area contributed by atoms with Gasteiger partial charge in [0.2, 0.25) is 0 Å². The first-order chi connectivity index (χ1) is 11.0. The SMILES string of the molecule is CCOC(=O)c1c(C)n(C)c2cc(-c3cncnc3)c(O)cc12. The second-order valence-corrected chi connectivity index (χ2v) is 5.25. The highest BCUT2D eigenvalue weighted by Crippen LogP contribution is 2.36. The molecule has 0 atom stereocenters. The third-order valence-electron chi connectivity index (χ3n) is 3.96. The van der Waals surface area contributed by atoms with Crippen LogP contribution in [0.15, 0.2) is 30.9 Å². The van der Waals surface area contributed by atoms with Crippen LogP contribution in [0.4, 0.5) is 0 Å². The van der Waals surface area contributed by atoms with Crippen molar-refractivity contribution in [3.8, 4) is 16.9 Å². The third kappa shape index (κ3) is 2.42. The fraction of sp³-hybridized carbons (Fsp3) is 0.235. The Kier molecular flexibility index (Phi) is 3.73. The van der Waals surface area contributed by atoms with Crippen LogP contribution in [0, 0.1) is 6.92 Å². The van der Waals surface area contributed by atoms with E-state index in [1.807, 2.05) is 24.6 Å². The molecule has 0 aliphatic carbocycles. The Hall–Kier alpha value is -2.89. The molecule has 0 aliphatic heterocycles. The van der Waals surface area contributed by atoms with Gasteiger partial charge >= 0.3 is 5.97 Å². The number of phenolic OH excluding ortho intramolecular Hbond substituents is 1. The molecule has 118 valence electrons. The van der Waals surface area contributed by atoms with Crippen molar-refractivity contribution in [1.82, 2.24) is 14.5 Å². The van der Waals surface area contributed by atoms with E-state index in [1.165, 1.54) is 6.33 Å². The number of hydrogen-bond donors (Lipinski definition) is 1. The van der Waals surface area contributed by atoms with Gasteiger partial charge in [0.05, 0.1) is 12.2 Å². The van der Waals surface area contributed by atoms with Crippen molar-refractivity contribution in [1.29, 1.82) is 0 Å². The molecule has 0 spiro atoms. The molecule has 3 rings (SSSR count). The van der Waals surface area contributed by atoms with E-state index in [2.05, 4.69) is 9.97 Å². The molecule has 6 heteroatoms. The van der Waals surface area contributed by atoms with Crippen LogP contribution in [-0.2, 0) is 11.8 Å². The quantitative estimate of drug-likeness (QED) is 0.753. The van der Waals surface area contributed by atoms with Crippen molar-refractivity contribution in [2.24, 2.45) is 7.05 Å². The summed E-state index contributed by atoms with van der Waals surface area (Å²) < 4.78 is 7.04. The Morgan fingerprint density at radius 1 is 1.30 bits per heavy atom. The Morgan fingerprint density at radius 3 is 2.65 bits per heavy atom. The lowest BCUT2D eigenvalue weighted by Gasteiger charge is -2.06. The van der Waals surface area contributed by atoms with Gasteiger partial charge in [-0.2, -0.15) is 0 Å². The molecule has 0 radical (unpaired) electrons. The smallest absolute Gasteiger partial charge is 0.340 e. The molecule has 0 unspecified atom stereocenters. The van der Waals surface area contributed by atoms with E-state index in [4.69, 9.17) is 4.74 Å². The van der Waals surface area contributed by atoms with Crippen LogP contribution in [0.3, 0.4) is 0 Å². The molecule has 2 aromatic heterocycles. The van der Waals surface area contributed by atoms with E-state index in [9.17, 15) is 9.90 Å². The van der Waals surface area contributed by atoms with E-state index < -0.39 is 0 Å². The molecule has 2 heterocycles. The van der Waals surface area contributed by atoms with Crippen LogP contribution in [0.1, 0.15) is 23.0 Å². The molecule has 23 heavy (non-hydrogen) atoms. The number of benzene rings is 1. The summed E-state index contributed by atoms with van der Waals surface area (Å²) in [4.78, 5) is 20.2. The van der Waals surface area contributed by atoms with Gasteiger partial charge in [-0.25, -0.2) is 14.8 Å². The number of rotatable bonds is 3. The van der Waals surface area contributed by atoms with E-state index in [0.717, 1.165) is 11.2 Å². The number of carbonyl (C=O) groups is 1. The Morgan fingerprint density at radius 2 is 2.00 bits per heavy atom. The van der Waals surface area contributed by atoms with Gasteiger partial charge in [-0.15, -0.1) is 0 Å². The second kappa shape index (κ2) is 5.72. The summed E-state index contributed by atoms with van der Waals surface area (Å²) in [6.07, 6.45) is 4.70.